The van der Waals surface area contributed by atoms with E-state index in [9.17, 15) is 4.79 Å². The van der Waals surface area contributed by atoms with Crippen molar-refractivity contribution in [3.05, 3.63) is 35.4 Å². The minimum absolute atomic E-state index is 0.0120. The largest absolute Gasteiger partial charge is 0.375 e. The number of carbonyl (C=O) groups is 1. The van der Waals surface area contributed by atoms with Crippen LogP contribution in [0.25, 0.3) is 0 Å². The minimum Gasteiger partial charge on any atom is -0.375 e. The summed E-state index contributed by atoms with van der Waals surface area (Å²) in [6.07, 6.45) is 7.40. The zero-order valence-corrected chi connectivity index (χ0v) is 12.6. The van der Waals surface area contributed by atoms with E-state index in [1.165, 1.54) is 18.4 Å². The lowest BCUT2D eigenvalue weighted by atomic mass is 9.80. The first kappa shape index (κ1) is 14.7. The number of Topliss-reactive ketones (excluding diaryl/α,β-unsaturated/α-hetero) is 1. The van der Waals surface area contributed by atoms with Gasteiger partial charge in [0.25, 0.3) is 0 Å². The molecule has 1 atom stereocenters. The summed E-state index contributed by atoms with van der Waals surface area (Å²) in [6.45, 7) is 1.39. The molecule has 1 aliphatic carbocycles. The maximum atomic E-state index is 12.7. The van der Waals surface area contributed by atoms with Crippen LogP contribution in [0.3, 0.4) is 0 Å². The summed E-state index contributed by atoms with van der Waals surface area (Å²) in [5.74, 6) is 0.432. The molecular weight excluding hydrogens is 262 g/mol. The van der Waals surface area contributed by atoms with E-state index in [4.69, 9.17) is 10.5 Å². The molecule has 1 aromatic rings. The maximum absolute atomic E-state index is 12.7. The molecule has 0 bridgehead atoms. The van der Waals surface area contributed by atoms with Crippen LogP contribution in [-0.4, -0.2) is 24.5 Å². The summed E-state index contributed by atoms with van der Waals surface area (Å²) in [7, 11) is 0. The Labute approximate surface area is 126 Å². The molecule has 2 N–H and O–H groups in total. The quantitative estimate of drug-likeness (QED) is 0.866. The van der Waals surface area contributed by atoms with Crippen LogP contribution in [0.5, 0.6) is 0 Å². The Morgan fingerprint density at radius 1 is 1.24 bits per heavy atom. The fourth-order valence-electron chi connectivity index (χ4n) is 3.86. The monoisotopic (exact) mass is 287 g/mol. The summed E-state index contributed by atoms with van der Waals surface area (Å²) >= 11 is 0. The van der Waals surface area contributed by atoms with Crippen molar-refractivity contribution >= 4 is 5.78 Å². The highest BCUT2D eigenvalue weighted by molar-refractivity contribution is 5.98. The summed E-state index contributed by atoms with van der Waals surface area (Å²) < 4.78 is 6.03. The van der Waals surface area contributed by atoms with Crippen LogP contribution >= 0.6 is 0 Å². The third-order valence-electron chi connectivity index (χ3n) is 5.05. The Morgan fingerprint density at radius 2 is 1.95 bits per heavy atom. The van der Waals surface area contributed by atoms with Gasteiger partial charge in [-0.1, -0.05) is 37.1 Å². The van der Waals surface area contributed by atoms with Crippen molar-refractivity contribution in [2.45, 2.75) is 50.5 Å². The fraction of sp³-hybridized carbons (Fsp3) is 0.611. The second-order valence-electron chi connectivity index (χ2n) is 6.53. The van der Waals surface area contributed by atoms with E-state index in [-0.39, 0.29) is 11.5 Å². The molecule has 2 fully saturated rings. The van der Waals surface area contributed by atoms with Crippen molar-refractivity contribution in [2.75, 3.05) is 13.2 Å². The topological polar surface area (TPSA) is 52.3 Å². The minimum atomic E-state index is 0.0120. The first-order chi connectivity index (χ1) is 10.2. The number of rotatable bonds is 4. The van der Waals surface area contributed by atoms with Gasteiger partial charge in [-0.3, -0.25) is 4.79 Å². The third-order valence-corrected chi connectivity index (χ3v) is 5.05. The van der Waals surface area contributed by atoms with Gasteiger partial charge < -0.3 is 10.5 Å². The Kier molecular flexibility index (Phi) is 4.41. The third kappa shape index (κ3) is 3.19. The molecule has 21 heavy (non-hydrogen) atoms. The molecule has 114 valence electrons. The highest BCUT2D eigenvalue weighted by Gasteiger charge is 2.41. The van der Waals surface area contributed by atoms with Gasteiger partial charge in [0.05, 0.1) is 5.60 Å². The van der Waals surface area contributed by atoms with Crippen LogP contribution in [0, 0.1) is 5.92 Å². The van der Waals surface area contributed by atoms with Crippen LogP contribution in [-0.2, 0) is 11.2 Å². The van der Waals surface area contributed by atoms with E-state index in [1.807, 2.05) is 24.3 Å². The SMILES string of the molecule is NCCc1ccc(C(=O)C2CCOC3(CCCC3)C2)cc1. The van der Waals surface area contributed by atoms with Gasteiger partial charge >= 0.3 is 0 Å². The molecule has 1 saturated carbocycles. The molecule has 1 spiro atoms. The lowest BCUT2D eigenvalue weighted by Crippen LogP contribution is -2.39. The molecular formula is C18H25NO2. The molecule has 0 aromatic heterocycles. The lowest BCUT2D eigenvalue weighted by molar-refractivity contribution is -0.0866. The van der Waals surface area contributed by atoms with Gasteiger partial charge in [0, 0.05) is 18.1 Å². The number of hydrogen-bond acceptors (Lipinski definition) is 3. The number of ether oxygens (including phenoxy) is 1. The number of ketones is 1. The van der Waals surface area contributed by atoms with Gasteiger partial charge in [-0.2, -0.15) is 0 Å². The first-order valence-electron chi connectivity index (χ1n) is 8.20. The number of hydrogen-bond donors (Lipinski definition) is 1. The molecule has 1 aliphatic heterocycles. The van der Waals surface area contributed by atoms with Gasteiger partial charge in [-0.15, -0.1) is 0 Å². The normalized spacial score (nSPS) is 24.3. The predicted molar refractivity (Wildman–Crippen MR) is 83.4 cm³/mol. The van der Waals surface area contributed by atoms with Gasteiger partial charge in [0.2, 0.25) is 0 Å². The second-order valence-corrected chi connectivity index (χ2v) is 6.53. The van der Waals surface area contributed by atoms with Crippen LogP contribution in [0.15, 0.2) is 24.3 Å². The molecule has 2 aliphatic rings. The Hall–Kier alpha value is -1.19. The molecule has 1 aromatic carbocycles. The van der Waals surface area contributed by atoms with Crippen LogP contribution < -0.4 is 5.73 Å². The van der Waals surface area contributed by atoms with Crippen molar-refractivity contribution < 1.29 is 9.53 Å². The summed E-state index contributed by atoms with van der Waals surface area (Å²) in [6, 6.07) is 7.99. The van der Waals surface area contributed by atoms with Crippen molar-refractivity contribution in [1.29, 1.82) is 0 Å². The van der Waals surface area contributed by atoms with Gasteiger partial charge in [-0.05, 0) is 44.2 Å². The smallest absolute Gasteiger partial charge is 0.166 e. The van der Waals surface area contributed by atoms with E-state index in [2.05, 4.69) is 0 Å². The summed E-state index contributed by atoms with van der Waals surface area (Å²) in [4.78, 5) is 12.7. The molecule has 1 unspecified atom stereocenters. The highest BCUT2D eigenvalue weighted by atomic mass is 16.5. The number of benzene rings is 1. The van der Waals surface area contributed by atoms with Crippen LogP contribution in [0.2, 0.25) is 0 Å². The molecule has 3 nitrogen and oxygen atoms in total. The van der Waals surface area contributed by atoms with Gasteiger partial charge in [0.15, 0.2) is 5.78 Å². The molecule has 1 saturated heterocycles. The average molecular weight is 287 g/mol. The number of carbonyl (C=O) groups excluding carboxylic acids is 1. The zero-order valence-electron chi connectivity index (χ0n) is 12.6. The molecule has 1 heterocycles. The zero-order chi connectivity index (χ0) is 14.7. The van der Waals surface area contributed by atoms with Gasteiger partial charge in [-0.25, -0.2) is 0 Å². The number of nitrogens with two attached hydrogens (primary N) is 1. The van der Waals surface area contributed by atoms with E-state index < -0.39 is 0 Å². The molecule has 3 heteroatoms. The van der Waals surface area contributed by atoms with Crippen molar-refractivity contribution in [2.24, 2.45) is 11.7 Å². The van der Waals surface area contributed by atoms with E-state index in [1.54, 1.807) is 0 Å². The van der Waals surface area contributed by atoms with Crippen LogP contribution in [0.1, 0.15) is 54.4 Å². The lowest BCUT2D eigenvalue weighted by Gasteiger charge is -2.37. The summed E-state index contributed by atoms with van der Waals surface area (Å²) in [5.41, 5.74) is 7.62. The predicted octanol–water partition coefficient (Wildman–Crippen LogP) is 3.11. The van der Waals surface area contributed by atoms with E-state index in [0.717, 1.165) is 44.3 Å². The Balaban J connectivity index is 1.69. The first-order valence-corrected chi connectivity index (χ1v) is 8.20. The van der Waals surface area contributed by atoms with E-state index in [0.29, 0.717) is 12.3 Å². The fourth-order valence-corrected chi connectivity index (χ4v) is 3.86. The standard InChI is InChI=1S/C18H25NO2/c19-11-7-14-3-5-15(6-4-14)17(20)16-8-12-21-18(13-16)9-1-2-10-18/h3-6,16H,1-2,7-13,19H2. The van der Waals surface area contributed by atoms with Crippen molar-refractivity contribution in [1.82, 2.24) is 0 Å². The molecule has 3 rings (SSSR count). The van der Waals surface area contributed by atoms with Crippen molar-refractivity contribution in [3.8, 4) is 0 Å². The Bertz CT molecular complexity index is 488. The van der Waals surface area contributed by atoms with Gasteiger partial charge in [0.1, 0.15) is 0 Å². The Morgan fingerprint density at radius 3 is 2.62 bits per heavy atom. The van der Waals surface area contributed by atoms with Crippen molar-refractivity contribution in [3.63, 3.8) is 0 Å². The molecule has 0 amide bonds. The summed E-state index contributed by atoms with van der Waals surface area (Å²) in [5, 5.41) is 0. The second kappa shape index (κ2) is 6.29. The maximum Gasteiger partial charge on any atom is 0.166 e. The van der Waals surface area contributed by atoms with Crippen LogP contribution in [0.4, 0.5) is 0 Å². The highest BCUT2D eigenvalue weighted by Crippen LogP contribution is 2.42. The molecule has 0 radical (unpaired) electrons. The average Bonchev–Trinajstić information content (AvgIpc) is 2.95. The van der Waals surface area contributed by atoms with E-state index >= 15 is 0 Å².